The number of hydrogen-bond acceptors (Lipinski definition) is 15. The van der Waals surface area contributed by atoms with Crippen LogP contribution < -0.4 is 0 Å². The number of esters is 4. The minimum atomic E-state index is -4.96. The Morgan fingerprint density at radius 2 is 0.480 bits per heavy atom. The fraction of sp³-hybridized carbons (Fsp3) is 0.951. The van der Waals surface area contributed by atoms with Crippen molar-refractivity contribution in [3.05, 3.63) is 0 Å². The van der Waals surface area contributed by atoms with Crippen LogP contribution in [0.2, 0.25) is 0 Å². The normalized spacial score (nSPS) is 14.3. The Hall–Kier alpha value is -1.94. The third-order valence-corrected chi connectivity index (χ3v) is 21.1. The van der Waals surface area contributed by atoms with Crippen LogP contribution in [0.5, 0.6) is 0 Å². The summed E-state index contributed by atoms with van der Waals surface area (Å²) < 4.78 is 68.7. The van der Waals surface area contributed by atoms with Gasteiger partial charge in [0.2, 0.25) is 0 Å². The summed E-state index contributed by atoms with van der Waals surface area (Å²) in [6, 6.07) is 0. The molecule has 594 valence electrons. The van der Waals surface area contributed by atoms with E-state index in [2.05, 4.69) is 55.4 Å². The monoisotopic (exact) mass is 1470 g/mol. The number of phosphoric ester groups is 2. The molecule has 0 spiro atoms. The molecule has 6 atom stereocenters. The van der Waals surface area contributed by atoms with Crippen LogP contribution in [-0.2, 0) is 65.4 Å². The number of aliphatic hydroxyl groups is 1. The van der Waals surface area contributed by atoms with E-state index in [9.17, 15) is 43.2 Å². The van der Waals surface area contributed by atoms with Gasteiger partial charge in [0.25, 0.3) is 0 Å². The number of phosphoric acid groups is 2. The third-order valence-electron chi connectivity index (χ3n) is 19.2. The quantitative estimate of drug-likeness (QED) is 0.0222. The van der Waals surface area contributed by atoms with E-state index >= 15 is 0 Å². The molecule has 100 heavy (non-hydrogen) atoms. The van der Waals surface area contributed by atoms with Gasteiger partial charge in [-0.2, -0.15) is 0 Å². The molecule has 19 heteroatoms. The summed E-state index contributed by atoms with van der Waals surface area (Å²) >= 11 is 0. The maximum atomic E-state index is 13.1. The molecule has 0 aromatic rings. The number of rotatable bonds is 78. The van der Waals surface area contributed by atoms with Crippen LogP contribution in [0.25, 0.3) is 0 Å². The van der Waals surface area contributed by atoms with E-state index in [0.717, 1.165) is 120 Å². The van der Waals surface area contributed by atoms with Crippen molar-refractivity contribution >= 4 is 39.5 Å². The maximum absolute atomic E-state index is 13.1. The Bertz CT molecular complexity index is 1960. The zero-order chi connectivity index (χ0) is 73.8. The molecule has 0 aromatic carbocycles. The van der Waals surface area contributed by atoms with Gasteiger partial charge in [0, 0.05) is 25.7 Å². The highest BCUT2D eigenvalue weighted by atomic mass is 31.2. The number of carbonyl (C=O) groups excluding carboxylic acids is 4. The Balaban J connectivity index is 5.24. The average Bonchev–Trinajstić information content (AvgIpc) is 0.973. The Morgan fingerprint density at radius 1 is 0.280 bits per heavy atom. The minimum absolute atomic E-state index is 0.107. The molecule has 0 amide bonds. The molecule has 0 aromatic heterocycles. The molecular weight excluding hydrogens is 1310 g/mol. The first-order chi connectivity index (χ1) is 48.1. The van der Waals surface area contributed by atoms with Gasteiger partial charge in [-0.1, -0.05) is 364 Å². The molecule has 0 saturated carbocycles. The van der Waals surface area contributed by atoms with E-state index in [1.807, 2.05) is 0 Å². The second kappa shape index (κ2) is 70.1. The highest BCUT2D eigenvalue weighted by Gasteiger charge is 2.30. The summed E-state index contributed by atoms with van der Waals surface area (Å²) in [4.78, 5) is 73.0. The zero-order valence-corrected chi connectivity index (χ0v) is 67.6. The van der Waals surface area contributed by atoms with E-state index < -0.39 is 97.5 Å². The van der Waals surface area contributed by atoms with Crippen LogP contribution in [0.4, 0.5) is 0 Å². The third kappa shape index (κ3) is 73.0. The van der Waals surface area contributed by atoms with E-state index in [1.165, 1.54) is 212 Å². The summed E-state index contributed by atoms with van der Waals surface area (Å²) in [5, 5.41) is 10.6. The number of hydrogen-bond donors (Lipinski definition) is 3. The number of aliphatic hydroxyl groups excluding tert-OH is 1. The van der Waals surface area contributed by atoms with Crippen LogP contribution in [0, 0.1) is 23.7 Å². The lowest BCUT2D eigenvalue weighted by atomic mass is 10.00. The van der Waals surface area contributed by atoms with Crippen LogP contribution in [0.1, 0.15) is 415 Å². The molecule has 0 aliphatic rings. The fourth-order valence-corrected chi connectivity index (χ4v) is 14.0. The molecule has 0 rings (SSSR count). The smallest absolute Gasteiger partial charge is 0.462 e. The van der Waals surface area contributed by atoms with Crippen molar-refractivity contribution < 1.29 is 80.2 Å². The van der Waals surface area contributed by atoms with Crippen LogP contribution >= 0.6 is 15.6 Å². The second-order valence-electron chi connectivity index (χ2n) is 30.8. The number of carbonyl (C=O) groups is 4. The standard InChI is InChI=1S/C81H158O17P2/c1-9-74(8)60-52-44-39-40-46-54-62-79(84)92-68-77(98-81(86)63-55-47-37-31-25-17-13-11-10-12-15-21-27-33-41-49-57-71(2)3)70-96-100(89,90)94-66-75(82)65-93-99(87,88)95-69-76(97-80(85)64-56-48-38-32-26-20-19-23-29-35-43-51-59-73(6)7)67-91-78(83)61-53-45-36-30-24-18-14-16-22-28-34-42-50-58-72(4)5/h71-77,82H,9-70H2,1-8H3,(H,87,88)(H,89,90)/t74?,75-,76-,77-/m1/s1. The van der Waals surface area contributed by atoms with Crippen LogP contribution in [0.3, 0.4) is 0 Å². The van der Waals surface area contributed by atoms with Gasteiger partial charge >= 0.3 is 39.5 Å². The average molecular weight is 1470 g/mol. The number of ether oxygens (including phenoxy) is 4. The summed E-state index contributed by atoms with van der Waals surface area (Å²) in [5.41, 5.74) is 0. The summed E-state index contributed by atoms with van der Waals surface area (Å²) in [7, 11) is -9.92. The van der Waals surface area contributed by atoms with Gasteiger partial charge in [-0.25, -0.2) is 9.13 Å². The largest absolute Gasteiger partial charge is 0.472 e. The Kier molecular flexibility index (Phi) is 68.7. The topological polar surface area (TPSA) is 237 Å². The van der Waals surface area contributed by atoms with Gasteiger partial charge < -0.3 is 33.8 Å². The highest BCUT2D eigenvalue weighted by molar-refractivity contribution is 7.47. The van der Waals surface area contributed by atoms with E-state index in [0.29, 0.717) is 25.7 Å². The van der Waals surface area contributed by atoms with Gasteiger partial charge in [0.05, 0.1) is 26.4 Å². The lowest BCUT2D eigenvalue weighted by molar-refractivity contribution is -0.161. The first kappa shape index (κ1) is 98.1. The van der Waals surface area contributed by atoms with Gasteiger partial charge in [-0.15, -0.1) is 0 Å². The van der Waals surface area contributed by atoms with Crippen molar-refractivity contribution in [3.8, 4) is 0 Å². The predicted molar refractivity (Wildman–Crippen MR) is 409 cm³/mol. The van der Waals surface area contributed by atoms with Crippen molar-refractivity contribution in [1.82, 2.24) is 0 Å². The molecule has 0 fully saturated rings. The molecule has 0 saturated heterocycles. The van der Waals surface area contributed by atoms with E-state index in [-0.39, 0.29) is 25.7 Å². The first-order valence-corrected chi connectivity index (χ1v) is 44.7. The molecular formula is C81H158O17P2. The SMILES string of the molecule is CCC(C)CCCCCCCCC(=O)OC[C@H](COP(=O)(O)OC[C@H](O)COP(=O)(O)OC[C@@H](COC(=O)CCCCCCCCCCCCCCCC(C)C)OC(=O)CCCCCCCCCCCCCCC(C)C)OC(=O)CCCCCCCCCCCCCCCCCCC(C)C. The molecule has 0 heterocycles. The van der Waals surface area contributed by atoms with Crippen molar-refractivity contribution in [2.75, 3.05) is 39.6 Å². The minimum Gasteiger partial charge on any atom is -0.462 e. The molecule has 3 N–H and O–H groups in total. The van der Waals surface area contributed by atoms with Crippen molar-refractivity contribution in [2.45, 2.75) is 433 Å². The first-order valence-electron chi connectivity index (χ1n) is 41.7. The molecule has 0 aliphatic heterocycles. The molecule has 0 aliphatic carbocycles. The molecule has 17 nitrogen and oxygen atoms in total. The fourth-order valence-electron chi connectivity index (χ4n) is 12.4. The van der Waals surface area contributed by atoms with Crippen molar-refractivity contribution in [3.63, 3.8) is 0 Å². The second-order valence-corrected chi connectivity index (χ2v) is 33.7. The Morgan fingerprint density at radius 3 is 0.710 bits per heavy atom. The maximum Gasteiger partial charge on any atom is 0.472 e. The van der Waals surface area contributed by atoms with E-state index in [4.69, 9.17) is 37.0 Å². The predicted octanol–water partition coefficient (Wildman–Crippen LogP) is 24.0. The van der Waals surface area contributed by atoms with Crippen LogP contribution in [-0.4, -0.2) is 96.7 Å². The summed E-state index contributed by atoms with van der Waals surface area (Å²) in [5.74, 6) is 0.993. The van der Waals surface area contributed by atoms with Gasteiger partial charge in [-0.3, -0.25) is 37.3 Å². The molecule has 0 bridgehead atoms. The number of unbranched alkanes of at least 4 members (excludes halogenated alkanes) is 43. The van der Waals surface area contributed by atoms with Gasteiger partial charge in [-0.05, 0) is 49.4 Å². The highest BCUT2D eigenvalue weighted by Crippen LogP contribution is 2.45. The summed E-state index contributed by atoms with van der Waals surface area (Å²) in [6.07, 6.45) is 56.9. The lowest BCUT2D eigenvalue weighted by Crippen LogP contribution is -2.30. The van der Waals surface area contributed by atoms with Gasteiger partial charge in [0.1, 0.15) is 19.3 Å². The van der Waals surface area contributed by atoms with Crippen molar-refractivity contribution in [1.29, 1.82) is 0 Å². The van der Waals surface area contributed by atoms with E-state index in [1.54, 1.807) is 0 Å². The molecule has 3 unspecified atom stereocenters. The summed E-state index contributed by atoms with van der Waals surface area (Å²) in [6.45, 7) is 14.3. The molecule has 0 radical (unpaired) electrons. The zero-order valence-electron chi connectivity index (χ0n) is 65.8. The lowest BCUT2D eigenvalue weighted by Gasteiger charge is -2.21. The van der Waals surface area contributed by atoms with Gasteiger partial charge in [0.15, 0.2) is 12.2 Å². The Labute approximate surface area is 613 Å². The van der Waals surface area contributed by atoms with Crippen LogP contribution in [0.15, 0.2) is 0 Å². The van der Waals surface area contributed by atoms with Crippen molar-refractivity contribution in [2.24, 2.45) is 23.7 Å².